The molecule has 188 valence electrons. The zero-order chi connectivity index (χ0) is 25.3. The molecule has 1 aromatic carbocycles. The molecular weight excluding hydrogens is 459 g/mol. The van der Waals surface area contributed by atoms with Crippen LogP contribution in [0.1, 0.15) is 36.9 Å². The highest BCUT2D eigenvalue weighted by Gasteiger charge is 2.31. The summed E-state index contributed by atoms with van der Waals surface area (Å²) in [6, 6.07) is 5.01. The molecule has 4 rings (SSSR count). The number of hydrogen-bond donors (Lipinski definition) is 2. The number of rotatable bonds is 6. The van der Waals surface area contributed by atoms with Gasteiger partial charge in [-0.05, 0) is 49.6 Å². The Labute approximate surface area is 202 Å². The lowest BCUT2D eigenvalue weighted by Crippen LogP contribution is -2.37. The number of benzene rings is 1. The molecule has 11 heteroatoms. The molecule has 0 spiro atoms. The van der Waals surface area contributed by atoms with E-state index in [1.54, 1.807) is 25.1 Å². The van der Waals surface area contributed by atoms with Gasteiger partial charge in [-0.2, -0.15) is 18.2 Å². The first-order valence-electron chi connectivity index (χ1n) is 11.4. The Hall–Kier alpha value is -3.34. The Morgan fingerprint density at radius 1 is 1.14 bits per heavy atom. The van der Waals surface area contributed by atoms with E-state index in [4.69, 9.17) is 10.5 Å². The highest BCUT2D eigenvalue weighted by molar-refractivity contribution is 5.91. The van der Waals surface area contributed by atoms with E-state index in [2.05, 4.69) is 25.2 Å². The fourth-order valence-corrected chi connectivity index (χ4v) is 4.19. The van der Waals surface area contributed by atoms with Crippen LogP contribution in [0.4, 0.5) is 36.4 Å². The molecule has 1 aliphatic rings. The molecule has 1 atom stereocenters. The Morgan fingerprint density at radius 2 is 1.86 bits per heavy atom. The molecule has 3 heterocycles. The molecular formula is C24H30F3N7O. The number of nitrogens with two attached hydrogens (primary N) is 1. The van der Waals surface area contributed by atoms with Crippen molar-refractivity contribution in [1.82, 2.24) is 15.0 Å². The zero-order valence-corrected chi connectivity index (χ0v) is 20.2. The summed E-state index contributed by atoms with van der Waals surface area (Å²) in [6.07, 6.45) is -0.715. The van der Waals surface area contributed by atoms with E-state index < -0.39 is 17.8 Å². The highest BCUT2D eigenvalue weighted by Crippen LogP contribution is 2.34. The minimum atomic E-state index is -4.49. The number of halogens is 3. The third-order valence-corrected chi connectivity index (χ3v) is 6.21. The number of pyridine rings is 1. The van der Waals surface area contributed by atoms with Gasteiger partial charge in [-0.15, -0.1) is 0 Å². The molecule has 0 aliphatic carbocycles. The number of nitrogens with one attached hydrogen (secondary N) is 1. The van der Waals surface area contributed by atoms with Crippen LogP contribution in [0.5, 0.6) is 0 Å². The maximum absolute atomic E-state index is 13.3. The van der Waals surface area contributed by atoms with Crippen LogP contribution in [0.3, 0.4) is 0 Å². The summed E-state index contributed by atoms with van der Waals surface area (Å²) in [5, 5.41) is 4.02. The number of nitrogen functional groups attached to an aromatic ring is 1. The van der Waals surface area contributed by atoms with Crippen LogP contribution in [-0.4, -0.2) is 55.4 Å². The van der Waals surface area contributed by atoms with E-state index in [0.29, 0.717) is 22.8 Å². The summed E-state index contributed by atoms with van der Waals surface area (Å²) < 4.78 is 45.5. The van der Waals surface area contributed by atoms with Gasteiger partial charge in [0.05, 0.1) is 29.4 Å². The molecule has 1 aliphatic heterocycles. The van der Waals surface area contributed by atoms with Crippen LogP contribution in [0.15, 0.2) is 30.5 Å². The predicted octanol–water partition coefficient (Wildman–Crippen LogP) is 4.48. The van der Waals surface area contributed by atoms with Gasteiger partial charge in [0.15, 0.2) is 0 Å². The number of alkyl halides is 3. The van der Waals surface area contributed by atoms with Gasteiger partial charge in [-0.25, -0.2) is 9.97 Å². The molecule has 35 heavy (non-hydrogen) atoms. The number of fused-ring (bicyclic) bond motifs is 1. The van der Waals surface area contributed by atoms with Crippen LogP contribution in [0.25, 0.3) is 10.9 Å². The number of nitrogens with zero attached hydrogens (tertiary/aromatic N) is 5. The third kappa shape index (κ3) is 5.50. The predicted molar refractivity (Wildman–Crippen MR) is 132 cm³/mol. The second kappa shape index (κ2) is 9.73. The minimum absolute atomic E-state index is 0.0518. The fraction of sp³-hybridized carbons (Fsp3) is 0.458. The van der Waals surface area contributed by atoms with Crippen LogP contribution in [0.2, 0.25) is 0 Å². The van der Waals surface area contributed by atoms with Crippen LogP contribution in [0, 0.1) is 0 Å². The Balaban J connectivity index is 1.70. The molecule has 1 unspecified atom stereocenters. The summed E-state index contributed by atoms with van der Waals surface area (Å²) in [5.74, 6) is 1.77. The van der Waals surface area contributed by atoms with Crippen LogP contribution in [-0.2, 0) is 10.9 Å². The lowest BCUT2D eigenvalue weighted by atomic mass is 10.0. The van der Waals surface area contributed by atoms with E-state index >= 15 is 0 Å². The molecule has 1 saturated heterocycles. The van der Waals surface area contributed by atoms with Gasteiger partial charge in [0, 0.05) is 45.4 Å². The molecule has 3 N–H and O–H groups in total. The zero-order valence-electron chi connectivity index (χ0n) is 20.2. The summed E-state index contributed by atoms with van der Waals surface area (Å²) in [7, 11) is 5.37. The summed E-state index contributed by atoms with van der Waals surface area (Å²) in [6.45, 7) is 3.41. The van der Waals surface area contributed by atoms with Crippen LogP contribution >= 0.6 is 0 Å². The SMILES string of the molecule is COC1CCN(c2cc3c(NC(C)c4cc(N)cc(C(F)(F)F)c4)nc(N(C)C)nc3cn2)CC1. The van der Waals surface area contributed by atoms with Crippen molar-refractivity contribution in [3.63, 3.8) is 0 Å². The van der Waals surface area contributed by atoms with Crippen molar-refractivity contribution < 1.29 is 17.9 Å². The normalized spacial score (nSPS) is 15.9. The van der Waals surface area contributed by atoms with Crippen LogP contribution < -0.4 is 20.9 Å². The van der Waals surface area contributed by atoms with E-state index in [-0.39, 0.29) is 11.8 Å². The van der Waals surface area contributed by atoms with Gasteiger partial charge in [0.2, 0.25) is 5.95 Å². The lowest BCUT2D eigenvalue weighted by Gasteiger charge is -2.32. The first-order valence-corrected chi connectivity index (χ1v) is 11.4. The molecule has 0 bridgehead atoms. The Morgan fingerprint density at radius 3 is 2.49 bits per heavy atom. The number of aromatic nitrogens is 3. The van der Waals surface area contributed by atoms with Gasteiger partial charge >= 0.3 is 6.18 Å². The van der Waals surface area contributed by atoms with Gasteiger partial charge in [0.1, 0.15) is 11.6 Å². The van der Waals surface area contributed by atoms with Gasteiger partial charge in [0.25, 0.3) is 0 Å². The minimum Gasteiger partial charge on any atom is -0.399 e. The van der Waals surface area contributed by atoms with Gasteiger partial charge in [-0.3, -0.25) is 0 Å². The number of hydrogen-bond acceptors (Lipinski definition) is 8. The molecule has 8 nitrogen and oxygen atoms in total. The molecule has 3 aromatic rings. The number of ether oxygens (including phenoxy) is 1. The number of methoxy groups -OCH3 is 1. The van der Waals surface area contributed by atoms with Gasteiger partial charge in [-0.1, -0.05) is 0 Å². The van der Waals surface area contributed by atoms with Crippen molar-refractivity contribution in [3.05, 3.63) is 41.6 Å². The quantitative estimate of drug-likeness (QED) is 0.490. The number of piperidine rings is 1. The van der Waals surface area contributed by atoms with E-state index in [0.717, 1.165) is 49.3 Å². The van der Waals surface area contributed by atoms with Crippen molar-refractivity contribution >= 4 is 34.2 Å². The van der Waals surface area contributed by atoms with E-state index in [1.807, 2.05) is 20.2 Å². The van der Waals surface area contributed by atoms with E-state index in [1.165, 1.54) is 6.07 Å². The van der Waals surface area contributed by atoms with Crippen molar-refractivity contribution in [2.75, 3.05) is 55.1 Å². The summed E-state index contributed by atoms with van der Waals surface area (Å²) >= 11 is 0. The fourth-order valence-electron chi connectivity index (χ4n) is 4.19. The average Bonchev–Trinajstić information content (AvgIpc) is 2.82. The van der Waals surface area contributed by atoms with Crippen molar-refractivity contribution in [2.45, 2.75) is 38.1 Å². The highest BCUT2D eigenvalue weighted by atomic mass is 19.4. The third-order valence-electron chi connectivity index (χ3n) is 6.21. The van der Waals surface area contributed by atoms with Crippen molar-refractivity contribution in [1.29, 1.82) is 0 Å². The van der Waals surface area contributed by atoms with E-state index in [9.17, 15) is 13.2 Å². The summed E-state index contributed by atoms with van der Waals surface area (Å²) in [4.78, 5) is 17.8. The number of anilines is 4. The topological polar surface area (TPSA) is 92.4 Å². The lowest BCUT2D eigenvalue weighted by molar-refractivity contribution is -0.137. The smallest absolute Gasteiger partial charge is 0.399 e. The van der Waals surface area contributed by atoms with Gasteiger partial charge < -0.3 is 25.6 Å². The summed E-state index contributed by atoms with van der Waals surface area (Å²) in [5.41, 5.74) is 6.09. The first-order chi connectivity index (χ1) is 16.5. The second-order valence-corrected chi connectivity index (χ2v) is 9.00. The Bertz CT molecular complexity index is 1190. The molecule has 0 radical (unpaired) electrons. The first kappa shape index (κ1) is 24.8. The Kier molecular flexibility index (Phi) is 6.88. The molecule has 2 aromatic heterocycles. The molecule has 1 fully saturated rings. The average molecular weight is 490 g/mol. The van der Waals surface area contributed by atoms with Crippen molar-refractivity contribution in [2.24, 2.45) is 0 Å². The maximum atomic E-state index is 13.3. The maximum Gasteiger partial charge on any atom is 0.416 e. The monoisotopic (exact) mass is 489 g/mol. The molecule has 0 amide bonds. The molecule has 0 saturated carbocycles. The second-order valence-electron chi connectivity index (χ2n) is 9.00. The largest absolute Gasteiger partial charge is 0.416 e. The van der Waals surface area contributed by atoms with Crippen molar-refractivity contribution in [3.8, 4) is 0 Å². The standard InChI is InChI=1S/C24H30F3N7O/c1-14(15-9-16(24(25,26)27)11-17(28)10-15)30-22-19-12-21(34-7-5-18(35-4)6-8-34)29-13-20(19)31-23(32-22)33(2)3/h9-14,18H,5-8,28H2,1-4H3,(H,30,31,32).